The van der Waals surface area contributed by atoms with Crippen molar-refractivity contribution in [3.8, 4) is 5.75 Å². The fraction of sp³-hybridized carbons (Fsp3) is 0.250. The average Bonchev–Trinajstić information content (AvgIpc) is 2.68. The molecule has 1 aromatic heterocycles. The van der Waals surface area contributed by atoms with Crippen LogP contribution in [0.4, 0.5) is 11.5 Å². The second-order valence-electron chi connectivity index (χ2n) is 6.19. The Bertz CT molecular complexity index is 862. The van der Waals surface area contributed by atoms with Crippen LogP contribution in [0.25, 0.3) is 5.57 Å². The maximum atomic E-state index is 12.3. The molecule has 27 heavy (non-hydrogen) atoms. The van der Waals surface area contributed by atoms with Crippen LogP contribution in [0.15, 0.2) is 48.7 Å². The van der Waals surface area contributed by atoms with Crippen LogP contribution < -0.4 is 20.3 Å². The van der Waals surface area contributed by atoms with Gasteiger partial charge in [0.1, 0.15) is 11.6 Å². The lowest BCUT2D eigenvalue weighted by Crippen LogP contribution is -2.48. The SMILES string of the molecule is COc1ccccc1C(C)=CC(=O)Nc1ccc(N2CCNC(=O)C2)nc1. The number of ether oxygens (including phenoxy) is 1. The predicted molar refractivity (Wildman–Crippen MR) is 105 cm³/mol. The monoisotopic (exact) mass is 366 g/mol. The number of nitrogens with one attached hydrogen (secondary N) is 2. The number of hydrogen-bond acceptors (Lipinski definition) is 5. The summed E-state index contributed by atoms with van der Waals surface area (Å²) in [6.45, 7) is 3.47. The number of nitrogens with zero attached hydrogens (tertiary/aromatic N) is 2. The van der Waals surface area contributed by atoms with Gasteiger partial charge in [-0.1, -0.05) is 18.2 Å². The third-order valence-corrected chi connectivity index (χ3v) is 4.26. The van der Waals surface area contributed by atoms with Gasteiger partial charge >= 0.3 is 0 Å². The second kappa shape index (κ2) is 8.35. The summed E-state index contributed by atoms with van der Waals surface area (Å²) in [5.74, 6) is 1.17. The van der Waals surface area contributed by atoms with Crippen molar-refractivity contribution in [2.45, 2.75) is 6.92 Å². The molecule has 1 fully saturated rings. The molecule has 0 radical (unpaired) electrons. The Labute approximate surface area is 158 Å². The van der Waals surface area contributed by atoms with Crippen LogP contribution in [0, 0.1) is 0 Å². The summed E-state index contributed by atoms with van der Waals surface area (Å²) in [5.41, 5.74) is 2.26. The van der Waals surface area contributed by atoms with E-state index in [4.69, 9.17) is 4.74 Å². The molecule has 2 heterocycles. The zero-order chi connectivity index (χ0) is 19.2. The van der Waals surface area contributed by atoms with E-state index >= 15 is 0 Å². The largest absolute Gasteiger partial charge is 0.496 e. The van der Waals surface area contributed by atoms with Crippen LogP contribution in [-0.4, -0.2) is 43.5 Å². The molecule has 0 bridgehead atoms. The molecule has 0 aliphatic carbocycles. The van der Waals surface area contributed by atoms with E-state index < -0.39 is 0 Å². The minimum atomic E-state index is -0.245. The van der Waals surface area contributed by atoms with E-state index in [0.717, 1.165) is 16.9 Å². The third-order valence-electron chi connectivity index (χ3n) is 4.26. The van der Waals surface area contributed by atoms with Gasteiger partial charge in [-0.2, -0.15) is 0 Å². The second-order valence-corrected chi connectivity index (χ2v) is 6.19. The van der Waals surface area contributed by atoms with Crippen LogP contribution in [0.2, 0.25) is 0 Å². The highest BCUT2D eigenvalue weighted by Crippen LogP contribution is 2.25. The van der Waals surface area contributed by atoms with Crippen LogP contribution in [0.5, 0.6) is 5.75 Å². The van der Waals surface area contributed by atoms with Gasteiger partial charge in [-0.15, -0.1) is 0 Å². The van der Waals surface area contributed by atoms with Crippen molar-refractivity contribution in [1.29, 1.82) is 0 Å². The molecule has 1 saturated heterocycles. The molecule has 1 aromatic carbocycles. The number of pyridine rings is 1. The standard InChI is InChI=1S/C20H22N4O3/c1-14(16-5-3-4-6-17(16)27-2)11-19(25)23-15-7-8-18(22-12-15)24-10-9-21-20(26)13-24/h3-8,11-12H,9-10,13H2,1-2H3,(H,21,26)(H,23,25). The number of carbonyl (C=O) groups excluding carboxylic acids is 2. The van der Waals surface area contributed by atoms with Crippen LogP contribution in [-0.2, 0) is 9.59 Å². The number of carbonyl (C=O) groups is 2. The molecular formula is C20H22N4O3. The number of para-hydroxylation sites is 1. The fourth-order valence-corrected chi connectivity index (χ4v) is 2.90. The van der Waals surface area contributed by atoms with E-state index in [-0.39, 0.29) is 11.8 Å². The smallest absolute Gasteiger partial charge is 0.248 e. The number of aromatic nitrogens is 1. The molecule has 140 valence electrons. The molecule has 7 heteroatoms. The number of amides is 2. The average molecular weight is 366 g/mol. The lowest BCUT2D eigenvalue weighted by Gasteiger charge is -2.27. The highest BCUT2D eigenvalue weighted by atomic mass is 16.5. The van der Waals surface area contributed by atoms with Gasteiger partial charge in [0.15, 0.2) is 0 Å². The van der Waals surface area contributed by atoms with Gasteiger partial charge < -0.3 is 20.3 Å². The fourth-order valence-electron chi connectivity index (χ4n) is 2.90. The van der Waals surface area contributed by atoms with Crippen molar-refractivity contribution in [1.82, 2.24) is 10.3 Å². The predicted octanol–water partition coefficient (Wildman–Crippen LogP) is 2.07. The van der Waals surface area contributed by atoms with Gasteiger partial charge in [-0.05, 0) is 30.7 Å². The van der Waals surface area contributed by atoms with E-state index in [1.807, 2.05) is 36.1 Å². The molecule has 1 aliphatic rings. The first-order chi connectivity index (χ1) is 13.1. The quantitative estimate of drug-likeness (QED) is 0.792. The Morgan fingerprint density at radius 3 is 2.81 bits per heavy atom. The molecule has 0 unspecified atom stereocenters. The topological polar surface area (TPSA) is 83.6 Å². The Hall–Kier alpha value is -3.35. The van der Waals surface area contributed by atoms with E-state index in [9.17, 15) is 9.59 Å². The summed E-state index contributed by atoms with van der Waals surface area (Å²) < 4.78 is 5.33. The van der Waals surface area contributed by atoms with Crippen molar-refractivity contribution in [2.24, 2.45) is 0 Å². The maximum absolute atomic E-state index is 12.3. The van der Waals surface area contributed by atoms with Crippen molar-refractivity contribution in [3.63, 3.8) is 0 Å². The maximum Gasteiger partial charge on any atom is 0.248 e. The number of piperazine rings is 1. The van der Waals surface area contributed by atoms with E-state index in [2.05, 4.69) is 15.6 Å². The number of anilines is 2. The molecule has 2 amide bonds. The molecule has 7 nitrogen and oxygen atoms in total. The van der Waals surface area contributed by atoms with Crippen molar-refractivity contribution >= 4 is 28.9 Å². The Morgan fingerprint density at radius 1 is 1.30 bits per heavy atom. The highest BCUT2D eigenvalue weighted by Gasteiger charge is 2.17. The minimum Gasteiger partial charge on any atom is -0.496 e. The summed E-state index contributed by atoms with van der Waals surface area (Å²) in [4.78, 5) is 30.0. The first kappa shape index (κ1) is 18.4. The zero-order valence-corrected chi connectivity index (χ0v) is 15.4. The van der Waals surface area contributed by atoms with Gasteiger partial charge in [-0.3, -0.25) is 9.59 Å². The minimum absolute atomic E-state index is 0.0163. The van der Waals surface area contributed by atoms with Crippen molar-refractivity contribution < 1.29 is 14.3 Å². The third kappa shape index (κ3) is 4.63. The van der Waals surface area contributed by atoms with Gasteiger partial charge in [0, 0.05) is 24.7 Å². The lowest BCUT2D eigenvalue weighted by molar-refractivity contribution is -0.120. The normalized spacial score (nSPS) is 14.5. The van der Waals surface area contributed by atoms with Gasteiger partial charge in [-0.25, -0.2) is 4.98 Å². The Morgan fingerprint density at radius 2 is 2.11 bits per heavy atom. The summed E-state index contributed by atoms with van der Waals surface area (Å²) in [6, 6.07) is 11.1. The van der Waals surface area contributed by atoms with Gasteiger partial charge in [0.25, 0.3) is 0 Å². The Kier molecular flexibility index (Phi) is 5.71. The molecular weight excluding hydrogens is 344 g/mol. The Balaban J connectivity index is 1.66. The van der Waals surface area contributed by atoms with Crippen LogP contribution in [0.3, 0.4) is 0 Å². The van der Waals surface area contributed by atoms with Crippen molar-refractivity contribution in [3.05, 3.63) is 54.2 Å². The lowest BCUT2D eigenvalue weighted by atomic mass is 10.1. The molecule has 0 atom stereocenters. The number of hydrogen-bond donors (Lipinski definition) is 2. The molecule has 2 aromatic rings. The first-order valence-corrected chi connectivity index (χ1v) is 8.67. The van der Waals surface area contributed by atoms with E-state index in [1.165, 1.54) is 6.08 Å². The highest BCUT2D eigenvalue weighted by molar-refractivity contribution is 6.04. The number of allylic oxidation sites excluding steroid dienone is 1. The van der Waals surface area contributed by atoms with Gasteiger partial charge in [0.2, 0.25) is 11.8 Å². The van der Waals surface area contributed by atoms with Gasteiger partial charge in [0.05, 0.1) is 25.5 Å². The summed E-state index contributed by atoms with van der Waals surface area (Å²) in [7, 11) is 1.60. The summed E-state index contributed by atoms with van der Waals surface area (Å²) >= 11 is 0. The molecule has 0 spiro atoms. The summed E-state index contributed by atoms with van der Waals surface area (Å²) in [6.07, 6.45) is 3.12. The van der Waals surface area contributed by atoms with E-state index in [1.54, 1.807) is 25.4 Å². The molecule has 2 N–H and O–H groups in total. The molecule has 1 aliphatic heterocycles. The van der Waals surface area contributed by atoms with Crippen molar-refractivity contribution in [2.75, 3.05) is 37.0 Å². The number of methoxy groups -OCH3 is 1. The summed E-state index contributed by atoms with van der Waals surface area (Å²) in [5, 5.41) is 5.58. The number of benzene rings is 1. The molecule has 3 rings (SSSR count). The first-order valence-electron chi connectivity index (χ1n) is 8.67. The van der Waals surface area contributed by atoms with Crippen LogP contribution >= 0.6 is 0 Å². The molecule has 0 saturated carbocycles. The van der Waals surface area contributed by atoms with E-state index in [0.29, 0.717) is 31.1 Å². The van der Waals surface area contributed by atoms with Crippen LogP contribution in [0.1, 0.15) is 12.5 Å². The number of rotatable bonds is 5. The zero-order valence-electron chi connectivity index (χ0n) is 15.4.